The summed E-state index contributed by atoms with van der Waals surface area (Å²) >= 11 is 5.91. The predicted molar refractivity (Wildman–Crippen MR) is 81.9 cm³/mol. The van der Waals surface area contributed by atoms with Crippen molar-refractivity contribution >= 4 is 29.0 Å². The second kappa shape index (κ2) is 5.73. The van der Waals surface area contributed by atoms with Crippen molar-refractivity contribution in [3.8, 4) is 0 Å². The third kappa shape index (κ3) is 2.85. The lowest BCUT2D eigenvalue weighted by molar-refractivity contribution is 0.101. The lowest BCUT2D eigenvalue weighted by Crippen LogP contribution is -2.23. The summed E-state index contributed by atoms with van der Waals surface area (Å²) in [6, 6.07) is 1.64. The van der Waals surface area contributed by atoms with Crippen LogP contribution in [0.4, 0.5) is 11.5 Å². The van der Waals surface area contributed by atoms with Crippen molar-refractivity contribution in [2.24, 2.45) is 7.05 Å². The Balaban J connectivity index is 1.84. The Morgan fingerprint density at radius 3 is 2.81 bits per heavy atom. The van der Waals surface area contributed by atoms with Gasteiger partial charge in [0.05, 0.1) is 11.2 Å². The van der Waals surface area contributed by atoms with Gasteiger partial charge < -0.3 is 14.8 Å². The summed E-state index contributed by atoms with van der Waals surface area (Å²) < 4.78 is 1.69. The van der Waals surface area contributed by atoms with Gasteiger partial charge in [0.25, 0.3) is 5.91 Å². The number of rotatable bonds is 3. The van der Waals surface area contributed by atoms with Crippen molar-refractivity contribution < 1.29 is 4.79 Å². The molecule has 2 aromatic rings. The molecule has 21 heavy (non-hydrogen) atoms. The Hall–Kier alpha value is -2.08. The maximum Gasteiger partial charge on any atom is 0.272 e. The van der Waals surface area contributed by atoms with Crippen LogP contribution >= 0.6 is 11.6 Å². The van der Waals surface area contributed by atoms with Gasteiger partial charge in [-0.25, -0.2) is 9.97 Å². The van der Waals surface area contributed by atoms with Gasteiger partial charge in [0, 0.05) is 26.3 Å². The van der Waals surface area contributed by atoms with Crippen LogP contribution in [-0.2, 0) is 7.05 Å². The van der Waals surface area contributed by atoms with Crippen LogP contribution in [0.15, 0.2) is 24.8 Å². The van der Waals surface area contributed by atoms with Crippen LogP contribution in [-0.4, -0.2) is 33.5 Å². The van der Waals surface area contributed by atoms with Gasteiger partial charge in [0.15, 0.2) is 5.82 Å². The van der Waals surface area contributed by atoms with Crippen LogP contribution in [0.3, 0.4) is 0 Å². The number of hydrogen-bond acceptors (Lipinski definition) is 4. The number of nitrogens with one attached hydrogen (secondary N) is 1. The summed E-state index contributed by atoms with van der Waals surface area (Å²) in [6.45, 7) is 1.91. The molecule has 0 unspecified atom stereocenters. The number of aryl methyl sites for hydroxylation is 1. The average molecular weight is 306 g/mol. The van der Waals surface area contributed by atoms with Gasteiger partial charge in [-0.3, -0.25) is 4.79 Å². The second-order valence-corrected chi connectivity index (χ2v) is 5.50. The normalized spacial score (nSPS) is 14.5. The van der Waals surface area contributed by atoms with Crippen LogP contribution in [0.1, 0.15) is 23.3 Å². The van der Waals surface area contributed by atoms with E-state index in [1.807, 2.05) is 0 Å². The Morgan fingerprint density at radius 2 is 2.14 bits per heavy atom. The molecule has 1 fully saturated rings. The van der Waals surface area contributed by atoms with Crippen LogP contribution in [0, 0.1) is 0 Å². The topological polar surface area (TPSA) is 63.1 Å². The highest BCUT2D eigenvalue weighted by Gasteiger charge is 2.19. The number of hydrogen-bond donors (Lipinski definition) is 1. The number of amides is 1. The SMILES string of the molecule is Cn1cc(Cl)cc1C(=O)Nc1cncnc1N1CCCC1. The molecule has 1 saturated heterocycles. The smallest absolute Gasteiger partial charge is 0.272 e. The lowest BCUT2D eigenvalue weighted by atomic mass is 10.3. The van der Waals surface area contributed by atoms with Crippen molar-refractivity contribution in [1.29, 1.82) is 0 Å². The number of carbonyl (C=O) groups excluding carboxylic acids is 1. The first-order valence-corrected chi connectivity index (χ1v) is 7.21. The third-order valence-corrected chi connectivity index (χ3v) is 3.76. The van der Waals surface area contributed by atoms with E-state index in [1.54, 1.807) is 30.1 Å². The van der Waals surface area contributed by atoms with Crippen molar-refractivity contribution in [2.75, 3.05) is 23.3 Å². The fourth-order valence-electron chi connectivity index (χ4n) is 2.53. The molecule has 110 valence electrons. The van der Waals surface area contributed by atoms with E-state index < -0.39 is 0 Å². The van der Waals surface area contributed by atoms with Gasteiger partial charge in [-0.2, -0.15) is 0 Å². The quantitative estimate of drug-likeness (QED) is 0.945. The molecule has 3 rings (SSSR count). The number of aromatic nitrogens is 3. The van der Waals surface area contributed by atoms with Crippen molar-refractivity contribution in [1.82, 2.24) is 14.5 Å². The van der Waals surface area contributed by atoms with Crippen molar-refractivity contribution in [2.45, 2.75) is 12.8 Å². The van der Waals surface area contributed by atoms with Crippen LogP contribution in [0.5, 0.6) is 0 Å². The maximum absolute atomic E-state index is 12.4. The van der Waals surface area contributed by atoms with E-state index in [4.69, 9.17) is 11.6 Å². The Morgan fingerprint density at radius 1 is 1.38 bits per heavy atom. The summed E-state index contributed by atoms with van der Waals surface area (Å²) in [5.74, 6) is 0.552. The van der Waals surface area contributed by atoms with Crippen molar-refractivity contribution in [3.05, 3.63) is 35.5 Å². The van der Waals surface area contributed by atoms with E-state index in [2.05, 4.69) is 20.2 Å². The first kappa shape index (κ1) is 13.9. The summed E-state index contributed by atoms with van der Waals surface area (Å²) in [7, 11) is 1.78. The first-order chi connectivity index (χ1) is 10.1. The van der Waals surface area contributed by atoms with E-state index in [0.29, 0.717) is 16.4 Å². The van der Waals surface area contributed by atoms with Gasteiger partial charge in [0.1, 0.15) is 17.7 Å². The molecule has 1 amide bonds. The highest BCUT2D eigenvalue weighted by Crippen LogP contribution is 2.26. The highest BCUT2D eigenvalue weighted by molar-refractivity contribution is 6.31. The molecule has 1 aliphatic heterocycles. The van der Waals surface area contributed by atoms with Gasteiger partial charge in [-0.1, -0.05) is 11.6 Å². The lowest BCUT2D eigenvalue weighted by Gasteiger charge is -2.19. The zero-order valence-corrected chi connectivity index (χ0v) is 12.5. The summed E-state index contributed by atoms with van der Waals surface area (Å²) in [4.78, 5) is 22.8. The fraction of sp³-hybridized carbons (Fsp3) is 0.357. The minimum Gasteiger partial charge on any atom is -0.355 e. The number of anilines is 2. The van der Waals surface area contributed by atoms with Gasteiger partial charge >= 0.3 is 0 Å². The maximum atomic E-state index is 12.4. The molecule has 2 aromatic heterocycles. The summed E-state index contributed by atoms with van der Waals surface area (Å²) in [5, 5.41) is 3.41. The fourth-order valence-corrected chi connectivity index (χ4v) is 2.78. The Bertz CT molecular complexity index is 663. The first-order valence-electron chi connectivity index (χ1n) is 6.83. The van der Waals surface area contributed by atoms with E-state index in [-0.39, 0.29) is 5.91 Å². The van der Waals surface area contributed by atoms with E-state index in [1.165, 1.54) is 6.33 Å². The van der Waals surface area contributed by atoms with E-state index in [0.717, 1.165) is 31.7 Å². The Labute approximate surface area is 127 Å². The highest BCUT2D eigenvalue weighted by atomic mass is 35.5. The molecule has 0 saturated carbocycles. The zero-order chi connectivity index (χ0) is 14.8. The van der Waals surface area contributed by atoms with Crippen LogP contribution < -0.4 is 10.2 Å². The minimum atomic E-state index is -0.223. The molecule has 7 heteroatoms. The number of nitrogens with zero attached hydrogens (tertiary/aromatic N) is 4. The molecule has 0 spiro atoms. The largest absolute Gasteiger partial charge is 0.355 e. The number of carbonyl (C=O) groups is 1. The second-order valence-electron chi connectivity index (χ2n) is 5.06. The van der Waals surface area contributed by atoms with Gasteiger partial charge in [-0.15, -0.1) is 0 Å². The van der Waals surface area contributed by atoms with Gasteiger partial charge in [-0.05, 0) is 18.9 Å². The third-order valence-electron chi connectivity index (χ3n) is 3.55. The zero-order valence-electron chi connectivity index (χ0n) is 11.7. The molecule has 0 aromatic carbocycles. The molecule has 0 bridgehead atoms. The molecule has 0 aliphatic carbocycles. The molecule has 0 atom stereocenters. The number of halogens is 1. The van der Waals surface area contributed by atoms with Crippen molar-refractivity contribution in [3.63, 3.8) is 0 Å². The minimum absolute atomic E-state index is 0.223. The average Bonchev–Trinajstić information content (AvgIpc) is 3.09. The van der Waals surface area contributed by atoms with E-state index in [9.17, 15) is 4.79 Å². The van der Waals surface area contributed by atoms with Crippen LogP contribution in [0.2, 0.25) is 5.02 Å². The van der Waals surface area contributed by atoms with Gasteiger partial charge in [0.2, 0.25) is 0 Å². The molecule has 0 radical (unpaired) electrons. The Kier molecular flexibility index (Phi) is 3.79. The molecule has 1 N–H and O–H groups in total. The monoisotopic (exact) mass is 305 g/mol. The molecule has 1 aliphatic rings. The molecule has 6 nitrogen and oxygen atoms in total. The summed E-state index contributed by atoms with van der Waals surface area (Å²) in [6.07, 6.45) is 7.11. The van der Waals surface area contributed by atoms with Crippen LogP contribution in [0.25, 0.3) is 0 Å². The standard InChI is InChI=1S/C14H16ClN5O/c1-19-8-10(15)6-12(19)14(21)18-11-7-16-9-17-13(11)20-4-2-3-5-20/h6-9H,2-5H2,1H3,(H,18,21). The molecular formula is C14H16ClN5O. The van der Waals surface area contributed by atoms with E-state index >= 15 is 0 Å². The molecule has 3 heterocycles. The predicted octanol–water partition coefficient (Wildman–Crippen LogP) is 2.32. The molecular weight excluding hydrogens is 290 g/mol. The summed E-state index contributed by atoms with van der Waals surface area (Å²) in [5.41, 5.74) is 1.12.